The summed E-state index contributed by atoms with van der Waals surface area (Å²) in [5.74, 6) is 1.38. The van der Waals surface area contributed by atoms with E-state index in [2.05, 4.69) is 15.3 Å². The van der Waals surface area contributed by atoms with Crippen molar-refractivity contribution in [2.24, 2.45) is 5.92 Å². The summed E-state index contributed by atoms with van der Waals surface area (Å²) in [4.78, 5) is 32.5. The lowest BCUT2D eigenvalue weighted by atomic mass is 9.97. The number of piperidine rings is 1. The van der Waals surface area contributed by atoms with Crippen molar-refractivity contribution >= 4 is 28.3 Å². The molecule has 1 aliphatic rings. The number of H-pyrrole nitrogens is 1. The largest absolute Gasteiger partial charge is 0.497 e. The van der Waals surface area contributed by atoms with Crippen LogP contribution in [-0.4, -0.2) is 47.5 Å². The average Bonchev–Trinajstić information content (AvgIpc) is 3.21. The van der Waals surface area contributed by atoms with Crippen molar-refractivity contribution in [3.63, 3.8) is 0 Å². The fourth-order valence-corrected chi connectivity index (χ4v) is 4.04. The molecule has 1 amide bonds. The number of aromatic amines is 1. The van der Waals surface area contributed by atoms with Gasteiger partial charge in [0.1, 0.15) is 17.8 Å². The summed E-state index contributed by atoms with van der Waals surface area (Å²) in [5.41, 5.74) is 2.13. The number of carbonyl (C=O) groups excluding carboxylic acids is 1. The summed E-state index contributed by atoms with van der Waals surface area (Å²) < 4.78 is 5.25. The zero-order valence-corrected chi connectivity index (χ0v) is 17.3. The van der Waals surface area contributed by atoms with Crippen molar-refractivity contribution in [2.45, 2.75) is 19.3 Å². The summed E-state index contributed by atoms with van der Waals surface area (Å²) in [6.07, 6.45) is 5.66. The molecule has 31 heavy (non-hydrogen) atoms. The number of aromatic nitrogens is 2. The Balaban J connectivity index is 1.32. The minimum absolute atomic E-state index is 0.0353. The molecule has 4 rings (SSSR count). The molecule has 3 aromatic rings. The van der Waals surface area contributed by atoms with Gasteiger partial charge in [0.05, 0.1) is 18.0 Å². The van der Waals surface area contributed by atoms with Crippen LogP contribution >= 0.6 is 0 Å². The predicted octanol–water partition coefficient (Wildman–Crippen LogP) is 3.06. The standard InChI is InChI=1S/C22H25N5O4/c1-31-18-5-6-19-15(12-24-20(19)11-18)8-9-23-22(28)16-3-2-10-26(14-16)21-7-4-17(13-25-21)27(29)30/h4-7,11-13,16,24H,2-3,8-10,14H2,1H3,(H,23,28)/t16-/m1/s1. The Morgan fingerprint density at radius 3 is 3.00 bits per heavy atom. The number of carbonyl (C=O) groups is 1. The van der Waals surface area contributed by atoms with Gasteiger partial charge in [0.25, 0.3) is 5.69 Å². The molecule has 0 radical (unpaired) electrons. The lowest BCUT2D eigenvalue weighted by Gasteiger charge is -2.32. The van der Waals surface area contributed by atoms with Crippen molar-refractivity contribution in [3.8, 4) is 5.75 Å². The van der Waals surface area contributed by atoms with Gasteiger partial charge in [0, 0.05) is 48.9 Å². The van der Waals surface area contributed by atoms with E-state index in [1.54, 1.807) is 13.2 Å². The van der Waals surface area contributed by atoms with Crippen LogP contribution in [0, 0.1) is 16.0 Å². The first-order chi connectivity index (χ1) is 15.0. The Kier molecular flexibility index (Phi) is 6.01. The van der Waals surface area contributed by atoms with E-state index in [1.807, 2.05) is 29.3 Å². The van der Waals surface area contributed by atoms with Crippen LogP contribution in [0.3, 0.4) is 0 Å². The number of nitro groups is 1. The molecule has 1 aliphatic heterocycles. The van der Waals surface area contributed by atoms with Crippen LogP contribution in [0.1, 0.15) is 18.4 Å². The lowest BCUT2D eigenvalue weighted by Crippen LogP contribution is -2.43. The highest BCUT2D eigenvalue weighted by Gasteiger charge is 2.26. The first-order valence-corrected chi connectivity index (χ1v) is 10.3. The number of hydrogen-bond donors (Lipinski definition) is 2. The van der Waals surface area contributed by atoms with Crippen LogP contribution in [0.15, 0.2) is 42.7 Å². The molecule has 162 valence electrons. The topological polar surface area (TPSA) is 113 Å². The predicted molar refractivity (Wildman–Crippen MR) is 117 cm³/mol. The van der Waals surface area contributed by atoms with Crippen molar-refractivity contribution in [2.75, 3.05) is 31.6 Å². The highest BCUT2D eigenvalue weighted by atomic mass is 16.6. The first-order valence-electron chi connectivity index (χ1n) is 10.3. The molecule has 3 heterocycles. The van der Waals surface area contributed by atoms with Crippen LogP contribution in [0.5, 0.6) is 5.75 Å². The molecular weight excluding hydrogens is 398 g/mol. The quantitative estimate of drug-likeness (QED) is 0.446. The Labute approximate surface area is 179 Å². The number of hydrogen-bond acceptors (Lipinski definition) is 6. The fraction of sp³-hybridized carbons (Fsp3) is 0.364. The Morgan fingerprint density at radius 2 is 2.26 bits per heavy atom. The summed E-state index contributed by atoms with van der Waals surface area (Å²) in [6.45, 7) is 1.90. The molecular formula is C22H25N5O4. The molecule has 2 aromatic heterocycles. The second-order valence-electron chi connectivity index (χ2n) is 7.68. The monoisotopic (exact) mass is 423 g/mol. The third-order valence-electron chi connectivity index (χ3n) is 5.73. The van der Waals surface area contributed by atoms with Gasteiger partial charge in [-0.3, -0.25) is 14.9 Å². The maximum Gasteiger partial charge on any atom is 0.287 e. The molecule has 1 saturated heterocycles. The number of anilines is 1. The van der Waals surface area contributed by atoms with E-state index >= 15 is 0 Å². The van der Waals surface area contributed by atoms with Gasteiger partial charge in [-0.05, 0) is 43.0 Å². The Morgan fingerprint density at radius 1 is 1.39 bits per heavy atom. The number of methoxy groups -OCH3 is 1. The molecule has 9 nitrogen and oxygen atoms in total. The van der Waals surface area contributed by atoms with E-state index in [1.165, 1.54) is 12.3 Å². The summed E-state index contributed by atoms with van der Waals surface area (Å²) in [6, 6.07) is 9.01. The lowest BCUT2D eigenvalue weighted by molar-refractivity contribution is -0.385. The third-order valence-corrected chi connectivity index (χ3v) is 5.73. The summed E-state index contributed by atoms with van der Waals surface area (Å²) in [7, 11) is 1.64. The smallest absolute Gasteiger partial charge is 0.287 e. The number of benzene rings is 1. The average molecular weight is 423 g/mol. The van der Waals surface area contributed by atoms with Crippen molar-refractivity contribution < 1.29 is 14.5 Å². The van der Waals surface area contributed by atoms with E-state index < -0.39 is 4.92 Å². The van der Waals surface area contributed by atoms with Gasteiger partial charge in [-0.1, -0.05) is 0 Å². The number of pyridine rings is 1. The minimum Gasteiger partial charge on any atom is -0.497 e. The van der Waals surface area contributed by atoms with E-state index in [0.717, 1.165) is 48.0 Å². The van der Waals surface area contributed by atoms with Crippen LogP contribution in [-0.2, 0) is 11.2 Å². The Hall–Kier alpha value is -3.62. The first kappa shape index (κ1) is 20.6. The van der Waals surface area contributed by atoms with Crippen molar-refractivity contribution in [1.82, 2.24) is 15.3 Å². The highest BCUT2D eigenvalue weighted by molar-refractivity contribution is 5.84. The van der Waals surface area contributed by atoms with Crippen molar-refractivity contribution in [1.29, 1.82) is 0 Å². The molecule has 1 aromatic carbocycles. The van der Waals surface area contributed by atoms with Gasteiger partial charge in [-0.25, -0.2) is 4.98 Å². The van der Waals surface area contributed by atoms with Crippen molar-refractivity contribution in [3.05, 3.63) is 58.4 Å². The molecule has 0 spiro atoms. The molecule has 0 aliphatic carbocycles. The fourth-order valence-electron chi connectivity index (χ4n) is 4.04. The van der Waals surface area contributed by atoms with Crippen LogP contribution in [0.4, 0.5) is 11.5 Å². The maximum absolute atomic E-state index is 12.7. The molecule has 1 atom stereocenters. The maximum atomic E-state index is 12.7. The SMILES string of the molecule is COc1ccc2c(CCNC(=O)[C@@H]3CCCN(c4ccc([N+](=O)[O-])cn4)C3)c[nH]c2c1. The van der Waals surface area contributed by atoms with E-state index in [-0.39, 0.29) is 17.5 Å². The molecule has 0 saturated carbocycles. The van der Waals surface area contributed by atoms with E-state index in [4.69, 9.17) is 4.74 Å². The van der Waals surface area contributed by atoms with Crippen LogP contribution in [0.2, 0.25) is 0 Å². The molecule has 9 heteroatoms. The second kappa shape index (κ2) is 9.03. The zero-order chi connectivity index (χ0) is 21.8. The van der Waals surface area contributed by atoms with Gasteiger partial charge >= 0.3 is 0 Å². The number of ether oxygens (including phenoxy) is 1. The molecule has 2 N–H and O–H groups in total. The van der Waals surface area contributed by atoms with Gasteiger partial charge < -0.3 is 19.9 Å². The van der Waals surface area contributed by atoms with Crippen LogP contribution in [0.25, 0.3) is 10.9 Å². The number of rotatable bonds is 7. The normalized spacial score (nSPS) is 16.3. The van der Waals surface area contributed by atoms with Gasteiger partial charge in [-0.2, -0.15) is 0 Å². The highest BCUT2D eigenvalue weighted by Crippen LogP contribution is 2.25. The number of nitrogens with one attached hydrogen (secondary N) is 2. The second-order valence-corrected chi connectivity index (χ2v) is 7.68. The van der Waals surface area contributed by atoms with Crippen LogP contribution < -0.4 is 15.0 Å². The van der Waals surface area contributed by atoms with E-state index in [9.17, 15) is 14.9 Å². The minimum atomic E-state index is -0.465. The van der Waals surface area contributed by atoms with Gasteiger partial charge in [-0.15, -0.1) is 0 Å². The molecule has 1 fully saturated rings. The molecule has 0 bridgehead atoms. The number of fused-ring (bicyclic) bond motifs is 1. The van der Waals surface area contributed by atoms with Gasteiger partial charge in [0.2, 0.25) is 5.91 Å². The summed E-state index contributed by atoms with van der Waals surface area (Å²) in [5, 5.41) is 15.0. The Bertz CT molecular complexity index is 1080. The van der Waals surface area contributed by atoms with Gasteiger partial charge in [0.15, 0.2) is 0 Å². The zero-order valence-electron chi connectivity index (χ0n) is 17.3. The number of amides is 1. The third kappa shape index (κ3) is 4.60. The van der Waals surface area contributed by atoms with E-state index in [0.29, 0.717) is 18.9 Å². The number of nitrogens with zero attached hydrogens (tertiary/aromatic N) is 3. The molecule has 0 unspecified atom stereocenters. The summed E-state index contributed by atoms with van der Waals surface area (Å²) >= 11 is 0.